The van der Waals surface area contributed by atoms with Gasteiger partial charge in [-0.2, -0.15) is 0 Å². The number of aryl methyl sites for hydroxylation is 1. The molecule has 8 nitrogen and oxygen atoms in total. The van der Waals surface area contributed by atoms with Crippen molar-refractivity contribution in [3.63, 3.8) is 0 Å². The van der Waals surface area contributed by atoms with Gasteiger partial charge in [0, 0.05) is 35.8 Å². The SMILES string of the molecule is CCc1cc(F)cc2[nH]c(C(=O)N(C)C3CN(C(=O)OC(C)(C)C)Cc4[nH]c(=O)c5cc(F)c(F)cc5c43)cc12. The van der Waals surface area contributed by atoms with Gasteiger partial charge in [0.15, 0.2) is 11.6 Å². The number of fused-ring (bicyclic) bond motifs is 4. The summed E-state index contributed by atoms with van der Waals surface area (Å²) in [5.41, 5.74) is 0.574. The van der Waals surface area contributed by atoms with Crippen molar-refractivity contribution in [1.29, 1.82) is 0 Å². The van der Waals surface area contributed by atoms with E-state index in [0.29, 0.717) is 22.9 Å². The lowest BCUT2D eigenvalue weighted by Crippen LogP contribution is -2.47. The van der Waals surface area contributed by atoms with Gasteiger partial charge in [-0.1, -0.05) is 6.92 Å². The molecular formula is C29H29F3N4O4. The van der Waals surface area contributed by atoms with E-state index in [-0.39, 0.29) is 35.2 Å². The molecule has 0 bridgehead atoms. The lowest BCUT2D eigenvalue weighted by Gasteiger charge is -2.39. The number of ether oxygens (including phenoxy) is 1. The Hall–Kier alpha value is -4.28. The predicted molar refractivity (Wildman–Crippen MR) is 144 cm³/mol. The van der Waals surface area contributed by atoms with Crippen LogP contribution in [0, 0.1) is 17.5 Å². The first kappa shape index (κ1) is 27.3. The Kier molecular flexibility index (Phi) is 6.63. The molecule has 210 valence electrons. The van der Waals surface area contributed by atoms with Crippen LogP contribution in [0.5, 0.6) is 0 Å². The molecule has 1 unspecified atom stereocenters. The van der Waals surface area contributed by atoms with Crippen LogP contribution in [-0.4, -0.2) is 51.0 Å². The minimum atomic E-state index is -1.18. The van der Waals surface area contributed by atoms with Crippen molar-refractivity contribution >= 4 is 33.7 Å². The average Bonchev–Trinajstić information content (AvgIpc) is 3.30. The Balaban J connectivity index is 1.64. The summed E-state index contributed by atoms with van der Waals surface area (Å²) in [6, 6.07) is 5.25. The first-order valence-electron chi connectivity index (χ1n) is 12.9. The first-order valence-corrected chi connectivity index (χ1v) is 12.9. The summed E-state index contributed by atoms with van der Waals surface area (Å²) < 4.78 is 48.2. The summed E-state index contributed by atoms with van der Waals surface area (Å²) >= 11 is 0. The standard InChI is InChI=1S/C29H29F3N4O4/c1-6-14-7-15(30)8-21-16(14)11-22(33-21)27(38)35(5)24-13-36(28(39)40-29(2,3)4)12-23-25(24)17-9-19(31)20(32)10-18(17)26(37)34-23/h7-11,24,33H,6,12-13H2,1-5H3,(H,34,37). The molecular weight excluding hydrogens is 525 g/mol. The zero-order chi connectivity index (χ0) is 29.1. The maximum Gasteiger partial charge on any atom is 0.410 e. The van der Waals surface area contributed by atoms with Gasteiger partial charge in [0.05, 0.1) is 18.0 Å². The number of H-pyrrole nitrogens is 2. The van der Waals surface area contributed by atoms with Gasteiger partial charge >= 0.3 is 6.09 Å². The van der Waals surface area contributed by atoms with Gasteiger partial charge < -0.3 is 19.6 Å². The lowest BCUT2D eigenvalue weighted by atomic mass is 9.92. The molecule has 5 rings (SSSR count). The second-order valence-corrected chi connectivity index (χ2v) is 11.0. The van der Waals surface area contributed by atoms with Crippen molar-refractivity contribution in [1.82, 2.24) is 19.8 Å². The molecule has 11 heteroatoms. The molecule has 0 fully saturated rings. The van der Waals surface area contributed by atoms with Crippen LogP contribution in [0.2, 0.25) is 0 Å². The van der Waals surface area contributed by atoms with Gasteiger partial charge in [-0.25, -0.2) is 18.0 Å². The normalized spacial score (nSPS) is 15.4. The van der Waals surface area contributed by atoms with E-state index in [1.165, 1.54) is 29.0 Å². The molecule has 2 amide bonds. The maximum atomic E-state index is 14.4. The number of carbonyl (C=O) groups excluding carboxylic acids is 2. The zero-order valence-corrected chi connectivity index (χ0v) is 22.7. The molecule has 0 aliphatic carbocycles. The highest BCUT2D eigenvalue weighted by atomic mass is 19.2. The highest BCUT2D eigenvalue weighted by Gasteiger charge is 2.37. The molecule has 4 aromatic rings. The summed E-state index contributed by atoms with van der Waals surface area (Å²) in [5, 5.41) is 0.758. The van der Waals surface area contributed by atoms with Crippen molar-refractivity contribution in [2.45, 2.75) is 52.3 Å². The van der Waals surface area contributed by atoms with Crippen LogP contribution >= 0.6 is 0 Å². The summed E-state index contributed by atoms with van der Waals surface area (Å²) in [6.45, 7) is 6.91. The molecule has 1 aliphatic heterocycles. The molecule has 0 radical (unpaired) electrons. The summed E-state index contributed by atoms with van der Waals surface area (Å²) in [6.07, 6.45) is -0.110. The highest BCUT2D eigenvalue weighted by molar-refractivity contribution is 5.99. The molecule has 0 saturated carbocycles. The highest BCUT2D eigenvalue weighted by Crippen LogP contribution is 2.36. The Morgan fingerprint density at radius 3 is 2.35 bits per heavy atom. The topological polar surface area (TPSA) is 98.5 Å². The van der Waals surface area contributed by atoms with E-state index in [9.17, 15) is 27.6 Å². The number of nitrogens with zero attached hydrogens (tertiary/aromatic N) is 2. The van der Waals surface area contributed by atoms with E-state index in [4.69, 9.17) is 4.74 Å². The number of benzene rings is 2. The monoisotopic (exact) mass is 554 g/mol. The van der Waals surface area contributed by atoms with Crippen LogP contribution in [0.3, 0.4) is 0 Å². The van der Waals surface area contributed by atoms with Crippen LogP contribution in [0.15, 0.2) is 35.1 Å². The molecule has 40 heavy (non-hydrogen) atoms. The molecule has 1 aliphatic rings. The second-order valence-electron chi connectivity index (χ2n) is 11.0. The number of carbonyl (C=O) groups is 2. The van der Waals surface area contributed by atoms with Crippen LogP contribution in [0.25, 0.3) is 21.7 Å². The third kappa shape index (κ3) is 4.80. The van der Waals surface area contributed by atoms with E-state index in [1.807, 2.05) is 6.92 Å². The second kappa shape index (κ2) is 9.72. The number of hydrogen-bond acceptors (Lipinski definition) is 4. The fourth-order valence-corrected chi connectivity index (χ4v) is 5.25. The van der Waals surface area contributed by atoms with Crippen molar-refractivity contribution in [2.75, 3.05) is 13.6 Å². The van der Waals surface area contributed by atoms with Crippen LogP contribution in [0.1, 0.15) is 61.0 Å². The van der Waals surface area contributed by atoms with Crippen molar-refractivity contribution in [2.24, 2.45) is 0 Å². The van der Waals surface area contributed by atoms with Crippen LogP contribution in [0.4, 0.5) is 18.0 Å². The smallest absolute Gasteiger partial charge is 0.410 e. The Bertz CT molecular complexity index is 1740. The minimum absolute atomic E-state index is 0.0423. The summed E-state index contributed by atoms with van der Waals surface area (Å²) in [4.78, 5) is 48.1. The largest absolute Gasteiger partial charge is 0.444 e. The number of pyridine rings is 1. The van der Waals surface area contributed by atoms with E-state index in [2.05, 4.69) is 9.97 Å². The number of aromatic nitrogens is 2. The van der Waals surface area contributed by atoms with Crippen molar-refractivity contribution in [3.8, 4) is 0 Å². The minimum Gasteiger partial charge on any atom is -0.444 e. The fourth-order valence-electron chi connectivity index (χ4n) is 5.25. The lowest BCUT2D eigenvalue weighted by molar-refractivity contribution is 0.0142. The quantitative estimate of drug-likeness (QED) is 0.347. The summed E-state index contributed by atoms with van der Waals surface area (Å²) in [7, 11) is 1.51. The van der Waals surface area contributed by atoms with Gasteiger partial charge in [0.2, 0.25) is 0 Å². The van der Waals surface area contributed by atoms with Gasteiger partial charge in [0.25, 0.3) is 11.5 Å². The summed E-state index contributed by atoms with van der Waals surface area (Å²) in [5.74, 6) is -3.24. The Morgan fingerprint density at radius 1 is 1.02 bits per heavy atom. The molecule has 2 aromatic carbocycles. The number of likely N-dealkylation sites (N-methyl/N-ethyl adjacent to an activating group) is 1. The number of hydrogen-bond donors (Lipinski definition) is 2. The number of halogens is 3. The molecule has 0 saturated heterocycles. The number of aromatic amines is 2. The molecule has 2 N–H and O–H groups in total. The average molecular weight is 555 g/mol. The van der Waals surface area contributed by atoms with Gasteiger partial charge in [0.1, 0.15) is 17.1 Å². The van der Waals surface area contributed by atoms with Crippen molar-refractivity contribution < 1.29 is 27.5 Å². The van der Waals surface area contributed by atoms with Gasteiger partial charge in [-0.3, -0.25) is 14.5 Å². The molecule has 2 aromatic heterocycles. The number of nitrogens with one attached hydrogen (secondary N) is 2. The van der Waals surface area contributed by atoms with E-state index >= 15 is 0 Å². The fraction of sp³-hybridized carbons (Fsp3) is 0.345. The van der Waals surface area contributed by atoms with E-state index in [0.717, 1.165) is 17.7 Å². The third-order valence-corrected chi connectivity index (χ3v) is 7.10. The molecule has 0 spiro atoms. The van der Waals surface area contributed by atoms with Crippen molar-refractivity contribution in [3.05, 3.63) is 80.7 Å². The number of amides is 2. The Morgan fingerprint density at radius 2 is 1.70 bits per heavy atom. The predicted octanol–water partition coefficient (Wildman–Crippen LogP) is 5.55. The van der Waals surface area contributed by atoms with Crippen LogP contribution in [-0.2, 0) is 17.7 Å². The Labute approximate surface area is 227 Å². The number of rotatable bonds is 3. The van der Waals surface area contributed by atoms with Crippen LogP contribution < -0.4 is 5.56 Å². The third-order valence-electron chi connectivity index (χ3n) is 7.10. The molecule has 3 heterocycles. The zero-order valence-electron chi connectivity index (χ0n) is 22.7. The maximum absolute atomic E-state index is 14.4. The van der Waals surface area contributed by atoms with E-state index < -0.39 is 46.7 Å². The van der Waals surface area contributed by atoms with Gasteiger partial charge in [-0.15, -0.1) is 0 Å². The molecule has 1 atom stereocenters. The van der Waals surface area contributed by atoms with E-state index in [1.54, 1.807) is 26.8 Å². The van der Waals surface area contributed by atoms with Gasteiger partial charge in [-0.05, 0) is 68.5 Å². The first-order chi connectivity index (χ1) is 18.8.